The topological polar surface area (TPSA) is 69.4 Å². The van der Waals surface area contributed by atoms with Crippen LogP contribution in [0.25, 0.3) is 0 Å². The number of nitrogens with two attached hydrogens (primary N) is 1. The molecule has 0 aromatic heterocycles. The van der Waals surface area contributed by atoms with Crippen LogP contribution in [0.5, 0.6) is 0 Å². The molecule has 2 N–H and O–H groups in total. The van der Waals surface area contributed by atoms with Gasteiger partial charge in [0.2, 0.25) is 0 Å². The van der Waals surface area contributed by atoms with Gasteiger partial charge in [-0.1, -0.05) is 0 Å². The number of sulfone groups is 1. The van der Waals surface area contributed by atoms with E-state index in [4.69, 9.17) is 10.5 Å². The predicted octanol–water partition coefficient (Wildman–Crippen LogP) is 0.563. The lowest BCUT2D eigenvalue weighted by Crippen LogP contribution is -2.46. The second-order valence-electron chi connectivity index (χ2n) is 4.06. The van der Waals surface area contributed by atoms with Crippen LogP contribution in [-0.4, -0.2) is 38.7 Å². The van der Waals surface area contributed by atoms with Crippen molar-refractivity contribution in [3.63, 3.8) is 0 Å². The molecular formula is C9H21NO3S. The highest BCUT2D eigenvalue weighted by Crippen LogP contribution is 2.16. The average molecular weight is 223 g/mol. The minimum atomic E-state index is -2.93. The summed E-state index contributed by atoms with van der Waals surface area (Å²) in [7, 11) is -2.93. The maximum atomic E-state index is 10.9. The molecule has 4 nitrogen and oxygen atoms in total. The summed E-state index contributed by atoms with van der Waals surface area (Å²) in [4.78, 5) is 0. The van der Waals surface area contributed by atoms with Crippen molar-refractivity contribution < 1.29 is 13.2 Å². The van der Waals surface area contributed by atoms with Gasteiger partial charge < -0.3 is 10.5 Å². The fourth-order valence-electron chi connectivity index (χ4n) is 1.17. The van der Waals surface area contributed by atoms with Crippen LogP contribution < -0.4 is 5.73 Å². The van der Waals surface area contributed by atoms with Crippen molar-refractivity contribution in [2.75, 3.05) is 18.6 Å². The summed E-state index contributed by atoms with van der Waals surface area (Å²) < 4.78 is 27.3. The van der Waals surface area contributed by atoms with E-state index in [9.17, 15) is 8.42 Å². The Morgan fingerprint density at radius 2 is 1.93 bits per heavy atom. The van der Waals surface area contributed by atoms with Gasteiger partial charge in [0.15, 0.2) is 0 Å². The molecule has 0 aliphatic carbocycles. The molecule has 0 radical (unpaired) electrons. The standard InChI is InChI=1S/C9H21NO3S/c1-5-13-9(2,3)8(10)6-7-14(4,11)12/h8H,5-7,10H2,1-4H3. The van der Waals surface area contributed by atoms with Crippen molar-refractivity contribution in [3.8, 4) is 0 Å². The van der Waals surface area contributed by atoms with E-state index < -0.39 is 15.4 Å². The van der Waals surface area contributed by atoms with Crippen LogP contribution in [0, 0.1) is 0 Å². The Kier molecular flexibility index (Phi) is 5.05. The summed E-state index contributed by atoms with van der Waals surface area (Å²) >= 11 is 0. The first-order chi connectivity index (χ1) is 6.19. The quantitative estimate of drug-likeness (QED) is 0.714. The van der Waals surface area contributed by atoms with Crippen LogP contribution >= 0.6 is 0 Å². The lowest BCUT2D eigenvalue weighted by molar-refractivity contribution is -0.0294. The second kappa shape index (κ2) is 5.09. The summed E-state index contributed by atoms with van der Waals surface area (Å²) in [6.07, 6.45) is 1.65. The fraction of sp³-hybridized carbons (Fsp3) is 1.00. The summed E-state index contributed by atoms with van der Waals surface area (Å²) in [5.74, 6) is 0.116. The smallest absolute Gasteiger partial charge is 0.147 e. The Labute approximate surface area is 86.7 Å². The third-order valence-corrected chi connectivity index (χ3v) is 3.19. The van der Waals surface area contributed by atoms with E-state index in [1.165, 1.54) is 6.26 Å². The molecule has 1 unspecified atom stereocenters. The highest BCUT2D eigenvalue weighted by molar-refractivity contribution is 7.90. The van der Waals surface area contributed by atoms with Gasteiger partial charge >= 0.3 is 0 Å². The maximum absolute atomic E-state index is 10.9. The molecule has 1 atom stereocenters. The largest absolute Gasteiger partial charge is 0.374 e. The van der Waals surface area contributed by atoms with E-state index >= 15 is 0 Å². The average Bonchev–Trinajstić information content (AvgIpc) is 1.98. The van der Waals surface area contributed by atoms with Crippen molar-refractivity contribution in [2.24, 2.45) is 5.73 Å². The van der Waals surface area contributed by atoms with Crippen LogP contribution in [0.1, 0.15) is 27.2 Å². The Hall–Kier alpha value is -0.130. The van der Waals surface area contributed by atoms with E-state index in [-0.39, 0.29) is 11.8 Å². The molecule has 0 aromatic rings. The predicted molar refractivity (Wildman–Crippen MR) is 58.0 cm³/mol. The Bertz CT molecular complexity index is 259. The molecule has 0 heterocycles. The van der Waals surface area contributed by atoms with Crippen molar-refractivity contribution >= 4 is 9.84 Å². The molecule has 0 aromatic carbocycles. The SMILES string of the molecule is CCOC(C)(C)C(N)CCS(C)(=O)=O. The van der Waals surface area contributed by atoms with Crippen molar-refractivity contribution in [1.82, 2.24) is 0 Å². The number of hydrogen-bond donors (Lipinski definition) is 1. The zero-order valence-electron chi connectivity index (χ0n) is 9.41. The summed E-state index contributed by atoms with van der Waals surface area (Å²) in [5, 5.41) is 0. The summed E-state index contributed by atoms with van der Waals surface area (Å²) in [6, 6.07) is -0.253. The van der Waals surface area contributed by atoms with Crippen molar-refractivity contribution in [3.05, 3.63) is 0 Å². The van der Waals surface area contributed by atoms with Gasteiger partial charge in [0.05, 0.1) is 11.4 Å². The van der Waals surface area contributed by atoms with Crippen LogP contribution in [0.3, 0.4) is 0 Å². The van der Waals surface area contributed by atoms with E-state index in [2.05, 4.69) is 0 Å². The summed E-state index contributed by atoms with van der Waals surface area (Å²) in [5.41, 5.74) is 5.40. The third-order valence-electron chi connectivity index (χ3n) is 2.21. The van der Waals surface area contributed by atoms with Gasteiger partial charge in [-0.15, -0.1) is 0 Å². The van der Waals surface area contributed by atoms with Crippen molar-refractivity contribution in [2.45, 2.75) is 38.8 Å². The first-order valence-corrected chi connectivity index (χ1v) is 6.82. The first kappa shape index (κ1) is 13.9. The number of hydrogen-bond acceptors (Lipinski definition) is 4. The van der Waals surface area contributed by atoms with E-state index in [1.807, 2.05) is 20.8 Å². The Morgan fingerprint density at radius 3 is 2.29 bits per heavy atom. The number of ether oxygens (including phenoxy) is 1. The van der Waals surface area contributed by atoms with Gasteiger partial charge in [0.1, 0.15) is 9.84 Å². The van der Waals surface area contributed by atoms with Crippen LogP contribution in [0.2, 0.25) is 0 Å². The molecule has 0 rings (SSSR count). The highest BCUT2D eigenvalue weighted by Gasteiger charge is 2.27. The molecule has 0 aliphatic rings. The molecule has 0 bridgehead atoms. The van der Waals surface area contributed by atoms with Gasteiger partial charge in [-0.3, -0.25) is 0 Å². The van der Waals surface area contributed by atoms with E-state index in [1.54, 1.807) is 0 Å². The number of rotatable bonds is 6. The Morgan fingerprint density at radius 1 is 1.43 bits per heavy atom. The molecule has 0 fully saturated rings. The minimum Gasteiger partial charge on any atom is -0.374 e. The van der Waals surface area contributed by atoms with Crippen LogP contribution in [0.15, 0.2) is 0 Å². The molecule has 86 valence electrons. The highest BCUT2D eigenvalue weighted by atomic mass is 32.2. The molecule has 5 heteroatoms. The van der Waals surface area contributed by atoms with Gasteiger partial charge in [0, 0.05) is 18.9 Å². The molecule has 0 saturated carbocycles. The zero-order valence-corrected chi connectivity index (χ0v) is 10.2. The zero-order chi connectivity index (χ0) is 11.4. The van der Waals surface area contributed by atoms with Gasteiger partial charge in [-0.05, 0) is 27.2 Å². The Balaban J connectivity index is 4.14. The lowest BCUT2D eigenvalue weighted by atomic mass is 9.97. The van der Waals surface area contributed by atoms with Crippen LogP contribution in [0.4, 0.5) is 0 Å². The minimum absolute atomic E-state index is 0.116. The monoisotopic (exact) mass is 223 g/mol. The van der Waals surface area contributed by atoms with Gasteiger partial charge in [-0.25, -0.2) is 8.42 Å². The van der Waals surface area contributed by atoms with Gasteiger partial charge in [-0.2, -0.15) is 0 Å². The summed E-state index contributed by atoms with van der Waals surface area (Å²) in [6.45, 7) is 6.23. The van der Waals surface area contributed by atoms with Crippen LogP contribution in [-0.2, 0) is 14.6 Å². The molecular weight excluding hydrogens is 202 g/mol. The normalized spacial score (nSPS) is 15.5. The van der Waals surface area contributed by atoms with E-state index in [0.29, 0.717) is 13.0 Å². The van der Waals surface area contributed by atoms with Crippen molar-refractivity contribution in [1.29, 1.82) is 0 Å². The molecule has 0 saturated heterocycles. The molecule has 14 heavy (non-hydrogen) atoms. The fourth-order valence-corrected chi connectivity index (χ4v) is 1.85. The second-order valence-corrected chi connectivity index (χ2v) is 6.32. The lowest BCUT2D eigenvalue weighted by Gasteiger charge is -2.31. The third kappa shape index (κ3) is 5.57. The molecule has 0 spiro atoms. The van der Waals surface area contributed by atoms with Gasteiger partial charge in [0.25, 0.3) is 0 Å². The molecule has 0 amide bonds. The maximum Gasteiger partial charge on any atom is 0.147 e. The molecule has 0 aliphatic heterocycles. The van der Waals surface area contributed by atoms with E-state index in [0.717, 1.165) is 0 Å². The first-order valence-electron chi connectivity index (χ1n) is 4.76.